The number of hydrogen-bond acceptors (Lipinski definition) is 6. The van der Waals surface area contributed by atoms with Crippen molar-refractivity contribution in [2.45, 2.75) is 19.8 Å². The maximum Gasteiger partial charge on any atom is 0.255 e. The first-order valence-corrected chi connectivity index (χ1v) is 13.1. The summed E-state index contributed by atoms with van der Waals surface area (Å²) in [5, 5.41) is 2.80. The smallest absolute Gasteiger partial charge is 0.255 e. The van der Waals surface area contributed by atoms with E-state index >= 15 is 0 Å². The molecule has 178 valence electrons. The molecule has 0 aromatic heterocycles. The lowest BCUT2D eigenvalue weighted by Gasteiger charge is -2.29. The molecule has 7 nitrogen and oxygen atoms in total. The van der Waals surface area contributed by atoms with E-state index in [0.29, 0.717) is 18.0 Å². The number of benzene rings is 2. The van der Waals surface area contributed by atoms with E-state index < -0.39 is 21.6 Å². The largest absolute Gasteiger partial charge is 0.492 e. The van der Waals surface area contributed by atoms with Crippen molar-refractivity contribution in [1.29, 1.82) is 0 Å². The Kier molecular flexibility index (Phi) is 7.19. The lowest BCUT2D eigenvalue weighted by Crippen LogP contribution is -2.40. The number of aryl methyl sites for hydroxylation is 1. The SMILES string of the molecule is Cc1cc(NC(=O)c2ccc(N3CCS(=O)(=O)CC3)c(F)c2)ccc1OCCN1CCCC1. The fourth-order valence-corrected chi connectivity index (χ4v) is 5.44. The Labute approximate surface area is 194 Å². The molecule has 1 amide bonds. The Morgan fingerprint density at radius 2 is 1.79 bits per heavy atom. The van der Waals surface area contributed by atoms with Crippen LogP contribution in [0.5, 0.6) is 5.75 Å². The van der Waals surface area contributed by atoms with Crippen LogP contribution >= 0.6 is 0 Å². The predicted molar refractivity (Wildman–Crippen MR) is 128 cm³/mol. The van der Waals surface area contributed by atoms with E-state index in [9.17, 15) is 17.6 Å². The van der Waals surface area contributed by atoms with E-state index in [4.69, 9.17) is 4.74 Å². The molecule has 1 N–H and O–H groups in total. The van der Waals surface area contributed by atoms with Crippen LogP contribution in [0, 0.1) is 12.7 Å². The number of halogens is 1. The topological polar surface area (TPSA) is 79.0 Å². The molecular weight excluding hydrogens is 445 g/mol. The van der Waals surface area contributed by atoms with E-state index in [-0.39, 0.29) is 30.2 Å². The Bertz CT molecular complexity index is 1100. The summed E-state index contributed by atoms with van der Waals surface area (Å²) in [4.78, 5) is 16.7. The zero-order chi connectivity index (χ0) is 23.4. The number of amides is 1. The zero-order valence-electron chi connectivity index (χ0n) is 18.8. The molecular formula is C24H30FN3O4S. The number of anilines is 2. The monoisotopic (exact) mass is 475 g/mol. The molecule has 0 spiro atoms. The number of sulfone groups is 1. The van der Waals surface area contributed by atoms with Crippen molar-refractivity contribution in [1.82, 2.24) is 4.90 Å². The molecule has 2 heterocycles. The Balaban J connectivity index is 1.34. The van der Waals surface area contributed by atoms with Crippen molar-refractivity contribution in [3.8, 4) is 5.75 Å². The maximum atomic E-state index is 14.7. The van der Waals surface area contributed by atoms with Crippen LogP contribution in [-0.2, 0) is 9.84 Å². The van der Waals surface area contributed by atoms with Gasteiger partial charge in [0, 0.05) is 30.9 Å². The molecule has 2 fully saturated rings. The van der Waals surface area contributed by atoms with Crippen LogP contribution in [-0.4, -0.2) is 70.1 Å². The van der Waals surface area contributed by atoms with Gasteiger partial charge in [-0.3, -0.25) is 9.69 Å². The second-order valence-corrected chi connectivity index (χ2v) is 10.9. The molecule has 0 atom stereocenters. The Morgan fingerprint density at radius 3 is 2.45 bits per heavy atom. The van der Waals surface area contributed by atoms with Crippen molar-refractivity contribution >= 4 is 27.1 Å². The fourth-order valence-electron chi connectivity index (χ4n) is 4.24. The normalized spacial score (nSPS) is 18.3. The van der Waals surface area contributed by atoms with Gasteiger partial charge >= 0.3 is 0 Å². The Morgan fingerprint density at radius 1 is 1.06 bits per heavy atom. The summed E-state index contributed by atoms with van der Waals surface area (Å²) in [7, 11) is -3.05. The van der Waals surface area contributed by atoms with Crippen LogP contribution in [0.25, 0.3) is 0 Å². The lowest BCUT2D eigenvalue weighted by atomic mass is 10.1. The molecule has 0 radical (unpaired) electrons. The summed E-state index contributed by atoms with van der Waals surface area (Å²) >= 11 is 0. The van der Waals surface area contributed by atoms with E-state index in [2.05, 4.69) is 10.2 Å². The van der Waals surface area contributed by atoms with Crippen LogP contribution in [0.1, 0.15) is 28.8 Å². The van der Waals surface area contributed by atoms with Gasteiger partial charge in [0.1, 0.15) is 18.2 Å². The van der Waals surface area contributed by atoms with Crippen molar-refractivity contribution in [2.75, 3.05) is 61.1 Å². The van der Waals surface area contributed by atoms with Gasteiger partial charge < -0.3 is 15.0 Å². The zero-order valence-corrected chi connectivity index (χ0v) is 19.7. The summed E-state index contributed by atoms with van der Waals surface area (Å²) in [6.45, 7) is 6.22. The van der Waals surface area contributed by atoms with Crippen LogP contribution in [0.4, 0.5) is 15.8 Å². The molecule has 2 aromatic rings. The minimum Gasteiger partial charge on any atom is -0.492 e. The average Bonchev–Trinajstić information content (AvgIpc) is 3.29. The first-order chi connectivity index (χ1) is 15.8. The molecule has 0 bridgehead atoms. The van der Waals surface area contributed by atoms with E-state index in [1.807, 2.05) is 19.1 Å². The minimum absolute atomic E-state index is 0.00595. The minimum atomic E-state index is -3.05. The standard InChI is InChI=1S/C24H30FN3O4S/c1-18-16-20(5-7-23(18)32-13-10-27-8-2-3-9-27)26-24(29)19-4-6-22(21(25)17-19)28-11-14-33(30,31)15-12-28/h4-7,16-17H,2-3,8-15H2,1H3,(H,26,29). The summed E-state index contributed by atoms with van der Waals surface area (Å²) in [5.74, 6) is -0.160. The highest BCUT2D eigenvalue weighted by Gasteiger charge is 2.24. The van der Waals surface area contributed by atoms with Crippen molar-refractivity contribution in [3.05, 3.63) is 53.3 Å². The molecule has 0 aliphatic carbocycles. The predicted octanol–water partition coefficient (Wildman–Crippen LogP) is 3.10. The molecule has 9 heteroatoms. The van der Waals surface area contributed by atoms with Gasteiger partial charge in [0.25, 0.3) is 5.91 Å². The van der Waals surface area contributed by atoms with Gasteiger partial charge in [-0.25, -0.2) is 12.8 Å². The van der Waals surface area contributed by atoms with Gasteiger partial charge in [-0.05, 0) is 74.8 Å². The summed E-state index contributed by atoms with van der Waals surface area (Å²) in [6, 6.07) is 9.72. The van der Waals surface area contributed by atoms with Crippen LogP contribution in [0.15, 0.2) is 36.4 Å². The van der Waals surface area contributed by atoms with Crippen molar-refractivity contribution in [2.24, 2.45) is 0 Å². The molecule has 4 rings (SSSR count). The summed E-state index contributed by atoms with van der Waals surface area (Å²) in [5.41, 5.74) is 2.03. The van der Waals surface area contributed by atoms with Gasteiger partial charge in [-0.2, -0.15) is 0 Å². The summed E-state index contributed by atoms with van der Waals surface area (Å²) < 4.78 is 43.8. The molecule has 2 aliphatic rings. The number of hydrogen-bond donors (Lipinski definition) is 1. The third kappa shape index (κ3) is 6.03. The molecule has 0 saturated carbocycles. The molecule has 2 saturated heterocycles. The molecule has 2 aliphatic heterocycles. The number of nitrogens with zero attached hydrogens (tertiary/aromatic N) is 2. The van der Waals surface area contributed by atoms with Crippen molar-refractivity contribution in [3.63, 3.8) is 0 Å². The number of carbonyl (C=O) groups excluding carboxylic acids is 1. The lowest BCUT2D eigenvalue weighted by molar-refractivity contribution is 0.102. The molecule has 33 heavy (non-hydrogen) atoms. The maximum absolute atomic E-state index is 14.7. The van der Waals surface area contributed by atoms with E-state index in [1.165, 1.54) is 25.0 Å². The molecule has 0 unspecified atom stereocenters. The van der Waals surface area contributed by atoms with Gasteiger partial charge in [-0.1, -0.05) is 0 Å². The first kappa shape index (κ1) is 23.5. The first-order valence-electron chi connectivity index (χ1n) is 11.3. The third-order valence-electron chi connectivity index (χ3n) is 6.19. The average molecular weight is 476 g/mol. The highest BCUT2D eigenvalue weighted by molar-refractivity contribution is 7.91. The van der Waals surface area contributed by atoms with E-state index in [1.54, 1.807) is 17.0 Å². The highest BCUT2D eigenvalue weighted by Crippen LogP contribution is 2.25. The Hall–Kier alpha value is -2.65. The number of carbonyl (C=O) groups is 1. The number of nitrogens with one attached hydrogen (secondary N) is 1. The number of rotatable bonds is 7. The fraction of sp³-hybridized carbons (Fsp3) is 0.458. The quantitative estimate of drug-likeness (QED) is 0.663. The van der Waals surface area contributed by atoms with Crippen molar-refractivity contribution < 1.29 is 22.3 Å². The number of ether oxygens (including phenoxy) is 1. The van der Waals surface area contributed by atoms with Crippen LogP contribution in [0.2, 0.25) is 0 Å². The van der Waals surface area contributed by atoms with Crippen LogP contribution in [0.3, 0.4) is 0 Å². The van der Waals surface area contributed by atoms with E-state index in [0.717, 1.165) is 30.9 Å². The summed E-state index contributed by atoms with van der Waals surface area (Å²) in [6.07, 6.45) is 2.51. The highest BCUT2D eigenvalue weighted by atomic mass is 32.2. The van der Waals surface area contributed by atoms with Gasteiger partial charge in [0.15, 0.2) is 9.84 Å². The van der Waals surface area contributed by atoms with Crippen LogP contribution < -0.4 is 15.0 Å². The van der Waals surface area contributed by atoms with Gasteiger partial charge in [0.05, 0.1) is 17.2 Å². The second-order valence-electron chi connectivity index (χ2n) is 8.64. The third-order valence-corrected chi connectivity index (χ3v) is 7.80. The van der Waals surface area contributed by atoms with Gasteiger partial charge in [-0.15, -0.1) is 0 Å². The second kappa shape index (κ2) is 10.1. The number of likely N-dealkylation sites (tertiary alicyclic amines) is 1. The molecule has 2 aromatic carbocycles. The van der Waals surface area contributed by atoms with Gasteiger partial charge in [0.2, 0.25) is 0 Å².